The first-order chi connectivity index (χ1) is 13.8. The Hall–Kier alpha value is -1.62. The Labute approximate surface area is 173 Å². The highest BCUT2D eigenvalue weighted by molar-refractivity contribution is 5.73. The molecule has 4 fully saturated rings. The molecule has 2 aliphatic carbocycles. The molecule has 1 unspecified atom stereocenters. The minimum atomic E-state index is -0.130. The van der Waals surface area contributed by atoms with Crippen molar-refractivity contribution in [2.45, 2.75) is 65.0 Å². The molecule has 5 rings (SSSR count). The predicted octanol–water partition coefficient (Wildman–Crippen LogP) is 4.44. The van der Waals surface area contributed by atoms with Gasteiger partial charge in [0.15, 0.2) is 0 Å². The number of carbonyl (C=O) groups excluding carboxylic acids is 1. The molecule has 0 aromatic heterocycles. The van der Waals surface area contributed by atoms with Gasteiger partial charge in [-0.1, -0.05) is 19.9 Å². The first-order valence-electron chi connectivity index (χ1n) is 11.3. The molecule has 29 heavy (non-hydrogen) atoms. The summed E-state index contributed by atoms with van der Waals surface area (Å²) in [6.45, 7) is 8.79. The van der Waals surface area contributed by atoms with Crippen molar-refractivity contribution < 1.29 is 13.9 Å². The fraction of sp³-hybridized carbons (Fsp3) is 0.708. The van der Waals surface area contributed by atoms with Gasteiger partial charge < -0.3 is 15.0 Å². The number of hydrogen-bond acceptors (Lipinski definition) is 3. The summed E-state index contributed by atoms with van der Waals surface area (Å²) in [7, 11) is 0. The van der Waals surface area contributed by atoms with Crippen LogP contribution in [0, 0.1) is 28.5 Å². The van der Waals surface area contributed by atoms with Crippen LogP contribution in [0.5, 0.6) is 0 Å². The third kappa shape index (κ3) is 2.83. The lowest BCUT2D eigenvalue weighted by atomic mass is 9.59. The molecular weight excluding hydrogens is 367 g/mol. The average molecular weight is 401 g/mol. The number of hydrogen-bond donors (Lipinski definition) is 1. The zero-order valence-electron chi connectivity index (χ0n) is 17.8. The molecule has 1 amide bonds. The van der Waals surface area contributed by atoms with Crippen LogP contribution in [-0.2, 0) is 9.53 Å². The van der Waals surface area contributed by atoms with Crippen LogP contribution in [0.3, 0.4) is 0 Å². The number of amides is 1. The maximum absolute atomic E-state index is 15.0. The van der Waals surface area contributed by atoms with Crippen LogP contribution in [0.2, 0.25) is 0 Å². The van der Waals surface area contributed by atoms with Gasteiger partial charge in [-0.15, -0.1) is 0 Å². The van der Waals surface area contributed by atoms with Gasteiger partial charge in [0.2, 0.25) is 5.91 Å². The first-order valence-corrected chi connectivity index (χ1v) is 11.3. The molecule has 2 aliphatic heterocycles. The molecule has 1 aromatic rings. The van der Waals surface area contributed by atoms with E-state index in [1.54, 1.807) is 13.0 Å². The van der Waals surface area contributed by atoms with Crippen molar-refractivity contribution in [1.29, 1.82) is 0 Å². The van der Waals surface area contributed by atoms with E-state index < -0.39 is 0 Å². The molecule has 1 spiro atoms. The van der Waals surface area contributed by atoms with Crippen molar-refractivity contribution in [2.75, 3.05) is 24.6 Å². The Kier molecular flexibility index (Phi) is 4.47. The predicted molar refractivity (Wildman–Crippen MR) is 111 cm³/mol. The van der Waals surface area contributed by atoms with Crippen LogP contribution >= 0.6 is 0 Å². The molecule has 4 aliphatic rings. The maximum atomic E-state index is 15.0. The van der Waals surface area contributed by atoms with Crippen LogP contribution in [0.4, 0.5) is 10.1 Å². The van der Waals surface area contributed by atoms with Gasteiger partial charge in [0.05, 0.1) is 11.8 Å². The first kappa shape index (κ1) is 19.3. The van der Waals surface area contributed by atoms with Crippen molar-refractivity contribution in [1.82, 2.24) is 5.32 Å². The van der Waals surface area contributed by atoms with E-state index in [4.69, 9.17) is 4.74 Å². The Morgan fingerprint density at radius 1 is 1.28 bits per heavy atom. The minimum absolute atomic E-state index is 0.0489. The lowest BCUT2D eigenvalue weighted by molar-refractivity contribution is -0.136. The third-order valence-corrected chi connectivity index (χ3v) is 8.60. The second kappa shape index (κ2) is 6.69. The summed E-state index contributed by atoms with van der Waals surface area (Å²) < 4.78 is 21.3. The van der Waals surface area contributed by atoms with E-state index in [0.717, 1.165) is 56.4 Å². The number of ether oxygens (including phenoxy) is 1. The van der Waals surface area contributed by atoms with Crippen LogP contribution in [0.1, 0.15) is 64.5 Å². The van der Waals surface area contributed by atoms with E-state index in [-0.39, 0.29) is 34.7 Å². The summed E-state index contributed by atoms with van der Waals surface area (Å²) in [5, 5.41) is 3.31. The maximum Gasteiger partial charge on any atom is 0.217 e. The van der Waals surface area contributed by atoms with Gasteiger partial charge in [0.25, 0.3) is 0 Å². The van der Waals surface area contributed by atoms with Crippen LogP contribution < -0.4 is 10.2 Å². The summed E-state index contributed by atoms with van der Waals surface area (Å²) in [5.41, 5.74) is 1.84. The summed E-state index contributed by atoms with van der Waals surface area (Å²) in [4.78, 5) is 14.1. The van der Waals surface area contributed by atoms with E-state index in [1.807, 2.05) is 6.07 Å². The zero-order chi connectivity index (χ0) is 20.4. The van der Waals surface area contributed by atoms with E-state index in [1.165, 1.54) is 0 Å². The molecule has 2 saturated heterocycles. The number of benzene rings is 1. The monoisotopic (exact) mass is 400 g/mol. The Morgan fingerprint density at radius 3 is 2.72 bits per heavy atom. The summed E-state index contributed by atoms with van der Waals surface area (Å²) in [6.07, 6.45) is 5.42. The molecule has 2 bridgehead atoms. The molecule has 5 atom stereocenters. The summed E-state index contributed by atoms with van der Waals surface area (Å²) >= 11 is 0. The van der Waals surface area contributed by atoms with Crippen molar-refractivity contribution in [2.24, 2.45) is 22.7 Å². The number of anilines is 1. The van der Waals surface area contributed by atoms with Gasteiger partial charge in [0.1, 0.15) is 5.82 Å². The normalized spacial score (nSPS) is 37.6. The minimum Gasteiger partial charge on any atom is -0.373 e. The molecule has 0 radical (unpaired) electrons. The Morgan fingerprint density at radius 2 is 2.03 bits per heavy atom. The fourth-order valence-corrected chi connectivity index (χ4v) is 7.24. The smallest absolute Gasteiger partial charge is 0.217 e. The number of rotatable bonds is 3. The van der Waals surface area contributed by atoms with E-state index in [0.29, 0.717) is 18.4 Å². The molecule has 4 nitrogen and oxygen atoms in total. The standard InChI is InChI=1S/C24H33FN2O2/c1-15(28)26-22-23(2,3)17-13-18-21(29-11-8-24(18,22)14-17)16-6-7-20(19(25)12-16)27-9-4-5-10-27/h6-7,12,17-18,21-22H,4-5,8-11,13-14H2,1-3H3,(H,26,28)/t17-,18-,21-,22-,24?/m1/s1. The van der Waals surface area contributed by atoms with E-state index >= 15 is 4.39 Å². The van der Waals surface area contributed by atoms with Crippen molar-refractivity contribution in [3.63, 3.8) is 0 Å². The van der Waals surface area contributed by atoms with E-state index in [9.17, 15) is 4.79 Å². The number of halogens is 1. The highest BCUT2D eigenvalue weighted by Gasteiger charge is 2.68. The van der Waals surface area contributed by atoms with E-state index in [2.05, 4.69) is 30.1 Å². The molecule has 1 aromatic carbocycles. The molecule has 2 saturated carbocycles. The molecule has 158 valence electrons. The van der Waals surface area contributed by atoms with Gasteiger partial charge >= 0.3 is 0 Å². The Balaban J connectivity index is 1.46. The van der Waals surface area contributed by atoms with Crippen LogP contribution in [0.25, 0.3) is 0 Å². The average Bonchev–Trinajstić information content (AvgIpc) is 3.37. The quantitative estimate of drug-likeness (QED) is 0.815. The SMILES string of the molecule is CC(=O)N[C@@H]1C(C)(C)[C@@H]2C[C@@H]3[C@@H](c4ccc(N5CCCC5)c(F)c4)OCCC31C2. The summed E-state index contributed by atoms with van der Waals surface area (Å²) in [5.74, 6) is 0.827. The third-order valence-electron chi connectivity index (χ3n) is 8.60. The molecule has 5 heteroatoms. The highest BCUT2D eigenvalue weighted by Crippen LogP contribution is 2.70. The molecule has 2 heterocycles. The van der Waals surface area contributed by atoms with Crippen molar-refractivity contribution in [3.05, 3.63) is 29.6 Å². The largest absolute Gasteiger partial charge is 0.373 e. The fourth-order valence-electron chi connectivity index (χ4n) is 7.24. The lowest BCUT2D eigenvalue weighted by Gasteiger charge is -2.53. The lowest BCUT2D eigenvalue weighted by Crippen LogP contribution is -2.58. The second-order valence-corrected chi connectivity index (χ2v) is 10.4. The van der Waals surface area contributed by atoms with Gasteiger partial charge in [0, 0.05) is 32.7 Å². The number of fused-ring (bicyclic) bond motifs is 1. The number of nitrogens with one attached hydrogen (secondary N) is 1. The summed E-state index contributed by atoms with van der Waals surface area (Å²) in [6, 6.07) is 5.90. The number of carbonyl (C=O) groups is 1. The van der Waals surface area contributed by atoms with Crippen LogP contribution in [-0.4, -0.2) is 31.6 Å². The van der Waals surface area contributed by atoms with Gasteiger partial charge in [-0.25, -0.2) is 4.39 Å². The molecular formula is C24H33FN2O2. The highest BCUT2D eigenvalue weighted by atomic mass is 19.1. The second-order valence-electron chi connectivity index (χ2n) is 10.4. The molecule has 1 N–H and O–H groups in total. The van der Waals surface area contributed by atoms with Crippen LogP contribution in [0.15, 0.2) is 18.2 Å². The van der Waals surface area contributed by atoms with Gasteiger partial charge in [-0.05, 0) is 72.5 Å². The van der Waals surface area contributed by atoms with Gasteiger partial charge in [-0.3, -0.25) is 4.79 Å². The van der Waals surface area contributed by atoms with Crippen molar-refractivity contribution >= 4 is 11.6 Å². The number of nitrogens with zero attached hydrogens (tertiary/aromatic N) is 1. The van der Waals surface area contributed by atoms with Crippen molar-refractivity contribution in [3.8, 4) is 0 Å². The van der Waals surface area contributed by atoms with Gasteiger partial charge in [-0.2, -0.15) is 0 Å². The topological polar surface area (TPSA) is 41.6 Å². The Bertz CT molecular complexity index is 819. The zero-order valence-corrected chi connectivity index (χ0v) is 17.8.